The fraction of sp³-hybridized carbons (Fsp3) is 0.238. The zero-order valence-electron chi connectivity index (χ0n) is 13.4. The summed E-state index contributed by atoms with van der Waals surface area (Å²) in [5, 5.41) is 0. The number of para-hydroxylation sites is 1. The molecule has 0 radical (unpaired) electrons. The van der Waals surface area contributed by atoms with Gasteiger partial charge in [-0.25, -0.2) is 0 Å². The van der Waals surface area contributed by atoms with Crippen LogP contribution in [0.3, 0.4) is 0 Å². The fourth-order valence-electron chi connectivity index (χ4n) is 4.01. The number of allylic oxidation sites excluding steroid dienone is 2. The first-order valence-electron chi connectivity index (χ1n) is 7.93. The smallest absolute Gasteiger partial charge is 0.0655 e. The van der Waals surface area contributed by atoms with E-state index in [1.54, 1.807) is 0 Å². The Hall–Kier alpha value is -2.28. The van der Waals surface area contributed by atoms with Gasteiger partial charge in [-0.15, -0.1) is 0 Å². The molecule has 2 aromatic rings. The van der Waals surface area contributed by atoms with Crippen molar-refractivity contribution in [1.29, 1.82) is 0 Å². The van der Waals surface area contributed by atoms with Crippen molar-refractivity contribution in [3.63, 3.8) is 0 Å². The van der Waals surface area contributed by atoms with Gasteiger partial charge in [-0.2, -0.15) is 0 Å². The highest BCUT2D eigenvalue weighted by atomic mass is 15.2. The van der Waals surface area contributed by atoms with Crippen LogP contribution in [-0.4, -0.2) is 6.04 Å². The van der Waals surface area contributed by atoms with Crippen LogP contribution in [0.1, 0.15) is 25.0 Å². The molecule has 0 saturated heterocycles. The summed E-state index contributed by atoms with van der Waals surface area (Å²) in [4.78, 5) is 2.49. The third kappa shape index (κ3) is 1.78. The summed E-state index contributed by atoms with van der Waals surface area (Å²) in [5.74, 6) is 0. The Morgan fingerprint density at radius 2 is 1.82 bits per heavy atom. The van der Waals surface area contributed by atoms with Gasteiger partial charge in [0.1, 0.15) is 0 Å². The molecule has 110 valence electrons. The van der Waals surface area contributed by atoms with E-state index in [0.29, 0.717) is 6.04 Å². The molecule has 2 atom stereocenters. The molecule has 2 aromatic carbocycles. The maximum absolute atomic E-state index is 2.49. The molecule has 1 heterocycles. The predicted molar refractivity (Wildman–Crippen MR) is 93.8 cm³/mol. The molecule has 0 bridgehead atoms. The molecule has 0 fully saturated rings. The second-order valence-corrected chi connectivity index (χ2v) is 6.70. The summed E-state index contributed by atoms with van der Waals surface area (Å²) >= 11 is 0. The molecule has 0 aromatic heterocycles. The van der Waals surface area contributed by atoms with Gasteiger partial charge in [0.25, 0.3) is 0 Å². The number of nitrogens with zero attached hydrogens (tertiary/aromatic N) is 1. The normalized spacial score (nSPS) is 25.7. The van der Waals surface area contributed by atoms with Gasteiger partial charge >= 0.3 is 0 Å². The quantitative estimate of drug-likeness (QED) is 0.689. The molecule has 1 aliphatic heterocycles. The van der Waals surface area contributed by atoms with E-state index in [9.17, 15) is 0 Å². The Labute approximate surface area is 132 Å². The lowest BCUT2D eigenvalue weighted by Crippen LogP contribution is -2.39. The minimum atomic E-state index is 0.0408. The Morgan fingerprint density at radius 3 is 2.64 bits per heavy atom. The highest BCUT2D eigenvalue weighted by Gasteiger charge is 2.46. The van der Waals surface area contributed by atoms with Crippen molar-refractivity contribution in [2.75, 3.05) is 4.90 Å². The third-order valence-electron chi connectivity index (χ3n) is 4.99. The molecule has 0 spiro atoms. The van der Waals surface area contributed by atoms with Crippen LogP contribution in [-0.2, 0) is 5.41 Å². The molecule has 0 N–H and O–H groups in total. The van der Waals surface area contributed by atoms with Gasteiger partial charge in [0.2, 0.25) is 0 Å². The third-order valence-corrected chi connectivity index (χ3v) is 4.99. The van der Waals surface area contributed by atoms with Crippen LogP contribution in [0.5, 0.6) is 0 Å². The Balaban J connectivity index is 1.95. The minimum absolute atomic E-state index is 0.0408. The van der Waals surface area contributed by atoms with E-state index >= 15 is 0 Å². The van der Waals surface area contributed by atoms with Gasteiger partial charge in [-0.1, -0.05) is 54.1 Å². The maximum atomic E-state index is 2.49. The first kappa shape index (κ1) is 13.4. The first-order valence-corrected chi connectivity index (χ1v) is 7.93. The number of rotatable bonds is 1. The summed E-state index contributed by atoms with van der Waals surface area (Å²) in [6.07, 6.45) is 7.03. The molecule has 1 nitrogen and oxygen atoms in total. The van der Waals surface area contributed by atoms with E-state index in [1.807, 2.05) is 0 Å². The zero-order chi connectivity index (χ0) is 15.3. The van der Waals surface area contributed by atoms with E-state index in [1.165, 1.54) is 28.1 Å². The zero-order valence-corrected chi connectivity index (χ0v) is 13.4. The molecule has 2 aliphatic rings. The van der Waals surface area contributed by atoms with E-state index in [4.69, 9.17) is 0 Å². The van der Waals surface area contributed by atoms with Crippen LogP contribution in [0.15, 0.2) is 72.3 Å². The molecular weight excluding hydrogens is 266 g/mol. The van der Waals surface area contributed by atoms with Crippen molar-refractivity contribution in [2.45, 2.75) is 32.2 Å². The number of hydrogen-bond acceptors (Lipinski definition) is 1. The summed E-state index contributed by atoms with van der Waals surface area (Å²) in [5.41, 5.74) is 6.72. The Morgan fingerprint density at radius 1 is 1.00 bits per heavy atom. The Bertz CT molecular complexity index is 799. The average Bonchev–Trinajstić information content (AvgIpc) is 2.76. The molecule has 0 saturated carbocycles. The number of aryl methyl sites for hydroxylation is 1. The van der Waals surface area contributed by atoms with E-state index in [2.05, 4.69) is 92.4 Å². The second kappa shape index (κ2) is 4.61. The van der Waals surface area contributed by atoms with Crippen LogP contribution in [0.2, 0.25) is 0 Å². The number of anilines is 2. The summed E-state index contributed by atoms with van der Waals surface area (Å²) in [7, 11) is 0. The predicted octanol–water partition coefficient (Wildman–Crippen LogP) is 5.29. The number of benzene rings is 2. The van der Waals surface area contributed by atoms with Crippen LogP contribution in [0.25, 0.3) is 0 Å². The summed E-state index contributed by atoms with van der Waals surface area (Å²) in [6.45, 7) is 6.71. The average molecular weight is 287 g/mol. The molecule has 2 unspecified atom stereocenters. The first-order chi connectivity index (χ1) is 10.6. The van der Waals surface area contributed by atoms with Crippen LogP contribution in [0.4, 0.5) is 11.4 Å². The van der Waals surface area contributed by atoms with Crippen molar-refractivity contribution >= 4 is 11.4 Å². The molecular formula is C21H21N. The van der Waals surface area contributed by atoms with E-state index < -0.39 is 0 Å². The minimum Gasteiger partial charge on any atom is -0.333 e. The largest absolute Gasteiger partial charge is 0.333 e. The lowest BCUT2D eigenvalue weighted by atomic mass is 9.74. The highest BCUT2D eigenvalue weighted by molar-refractivity contribution is 5.77. The topological polar surface area (TPSA) is 3.24 Å². The number of fused-ring (bicyclic) bond motifs is 3. The van der Waals surface area contributed by atoms with Crippen molar-refractivity contribution in [1.82, 2.24) is 0 Å². The van der Waals surface area contributed by atoms with E-state index in [0.717, 1.165) is 0 Å². The Kier molecular flexibility index (Phi) is 2.80. The summed E-state index contributed by atoms with van der Waals surface area (Å²) in [6, 6.07) is 18.0. The molecule has 1 aliphatic carbocycles. The molecule has 22 heavy (non-hydrogen) atoms. The van der Waals surface area contributed by atoms with Gasteiger partial charge in [-0.05, 0) is 50.1 Å². The fourth-order valence-corrected chi connectivity index (χ4v) is 4.01. The monoisotopic (exact) mass is 287 g/mol. The highest BCUT2D eigenvalue weighted by Crippen LogP contribution is 2.51. The lowest BCUT2D eigenvalue weighted by molar-refractivity contribution is 0.546. The standard InChI is InChI=1S/C21H21N/c1-15-7-6-8-17(13-15)22-19-10-5-4-9-18(19)21(3)14-16(2)11-12-20(21)22/h4-14,20H,1-3H3. The van der Waals surface area contributed by atoms with Gasteiger partial charge < -0.3 is 4.90 Å². The SMILES string of the molecule is CC1=CC2(C)c3ccccc3N(c3cccc(C)c3)C2C=C1. The molecule has 1 heteroatoms. The maximum Gasteiger partial charge on any atom is 0.0655 e. The van der Waals surface area contributed by atoms with Crippen LogP contribution >= 0.6 is 0 Å². The van der Waals surface area contributed by atoms with E-state index in [-0.39, 0.29) is 5.41 Å². The van der Waals surface area contributed by atoms with Crippen LogP contribution < -0.4 is 4.90 Å². The van der Waals surface area contributed by atoms with Crippen LogP contribution in [0, 0.1) is 6.92 Å². The summed E-state index contributed by atoms with van der Waals surface area (Å²) < 4.78 is 0. The van der Waals surface area contributed by atoms with Gasteiger partial charge in [0.05, 0.1) is 6.04 Å². The van der Waals surface area contributed by atoms with Crippen molar-refractivity contribution < 1.29 is 0 Å². The molecule has 0 amide bonds. The van der Waals surface area contributed by atoms with Crippen molar-refractivity contribution in [3.05, 3.63) is 83.5 Å². The lowest BCUT2D eigenvalue weighted by Gasteiger charge is -2.35. The number of hydrogen-bond donors (Lipinski definition) is 0. The van der Waals surface area contributed by atoms with Gasteiger partial charge in [0.15, 0.2) is 0 Å². The van der Waals surface area contributed by atoms with Crippen molar-refractivity contribution in [2.24, 2.45) is 0 Å². The van der Waals surface area contributed by atoms with Gasteiger partial charge in [0, 0.05) is 16.8 Å². The second-order valence-electron chi connectivity index (χ2n) is 6.70. The molecule has 4 rings (SSSR count). The van der Waals surface area contributed by atoms with Crippen molar-refractivity contribution in [3.8, 4) is 0 Å². The van der Waals surface area contributed by atoms with Gasteiger partial charge in [-0.3, -0.25) is 0 Å².